The highest BCUT2D eigenvalue weighted by molar-refractivity contribution is 6.34. The van der Waals surface area contributed by atoms with Crippen LogP contribution >= 0.6 is 11.6 Å². The molecule has 1 aromatic carbocycles. The summed E-state index contributed by atoms with van der Waals surface area (Å²) in [6, 6.07) is 9.44. The van der Waals surface area contributed by atoms with Crippen molar-refractivity contribution in [2.24, 2.45) is 0 Å². The summed E-state index contributed by atoms with van der Waals surface area (Å²) in [7, 11) is 0. The fraction of sp³-hybridized carbons (Fsp3) is 0.0714. The van der Waals surface area contributed by atoms with Crippen LogP contribution in [0.2, 0.25) is 5.02 Å². The summed E-state index contributed by atoms with van der Waals surface area (Å²) in [4.78, 5) is 26.6. The molecule has 0 saturated carbocycles. The second-order valence-corrected chi connectivity index (χ2v) is 4.45. The molecule has 2 aromatic rings. The van der Waals surface area contributed by atoms with Crippen LogP contribution < -0.4 is 5.32 Å². The third-order valence-electron chi connectivity index (χ3n) is 2.56. The number of amides is 1. The van der Waals surface area contributed by atoms with Gasteiger partial charge in [-0.1, -0.05) is 17.7 Å². The second kappa shape index (κ2) is 6.16. The third-order valence-corrected chi connectivity index (χ3v) is 2.87. The van der Waals surface area contributed by atoms with Crippen molar-refractivity contribution in [3.05, 3.63) is 58.9 Å². The van der Waals surface area contributed by atoms with Crippen LogP contribution in [0.5, 0.6) is 0 Å². The first kappa shape index (κ1) is 14.0. The number of rotatable bonds is 4. The topological polar surface area (TPSA) is 79.3 Å². The molecule has 0 bridgehead atoms. The number of hydrogen-bond donors (Lipinski definition) is 2. The predicted molar refractivity (Wildman–Crippen MR) is 75.0 cm³/mol. The number of carbonyl (C=O) groups is 2. The van der Waals surface area contributed by atoms with Gasteiger partial charge in [0.25, 0.3) is 0 Å². The predicted octanol–water partition coefficient (Wildman–Crippen LogP) is 2.61. The summed E-state index contributed by atoms with van der Waals surface area (Å²) >= 11 is 5.93. The van der Waals surface area contributed by atoms with Crippen LogP contribution in [0.3, 0.4) is 0 Å². The van der Waals surface area contributed by atoms with Crippen molar-refractivity contribution >= 4 is 29.2 Å². The molecule has 0 spiro atoms. The molecular weight excluding hydrogens is 280 g/mol. The van der Waals surface area contributed by atoms with Gasteiger partial charge in [-0.25, -0.2) is 4.79 Å². The van der Waals surface area contributed by atoms with E-state index in [9.17, 15) is 9.59 Å². The lowest BCUT2D eigenvalue weighted by Gasteiger charge is -2.07. The zero-order valence-corrected chi connectivity index (χ0v) is 11.1. The first-order valence-corrected chi connectivity index (χ1v) is 6.16. The minimum atomic E-state index is -1.07. The van der Waals surface area contributed by atoms with E-state index in [1.807, 2.05) is 0 Å². The monoisotopic (exact) mass is 290 g/mol. The zero-order valence-electron chi connectivity index (χ0n) is 10.3. The van der Waals surface area contributed by atoms with Crippen LogP contribution in [0.1, 0.15) is 16.1 Å². The van der Waals surface area contributed by atoms with Crippen LogP contribution in [0.15, 0.2) is 42.6 Å². The summed E-state index contributed by atoms with van der Waals surface area (Å²) in [5.41, 5.74) is 1.08. The van der Waals surface area contributed by atoms with E-state index < -0.39 is 5.97 Å². The Morgan fingerprint density at radius 3 is 2.65 bits per heavy atom. The molecule has 0 atom stereocenters. The Balaban J connectivity index is 2.06. The summed E-state index contributed by atoms with van der Waals surface area (Å²) in [6.45, 7) is 0. The van der Waals surface area contributed by atoms with Gasteiger partial charge in [-0.15, -0.1) is 0 Å². The highest BCUT2D eigenvalue weighted by atomic mass is 35.5. The average molecular weight is 291 g/mol. The van der Waals surface area contributed by atoms with E-state index in [1.54, 1.807) is 24.4 Å². The number of carbonyl (C=O) groups excluding carboxylic acids is 1. The Bertz CT molecular complexity index is 644. The smallest absolute Gasteiger partial charge is 0.335 e. The molecule has 0 aliphatic rings. The molecule has 0 fully saturated rings. The Kier molecular flexibility index (Phi) is 4.32. The molecule has 1 aromatic heterocycles. The van der Waals surface area contributed by atoms with Crippen molar-refractivity contribution < 1.29 is 14.7 Å². The van der Waals surface area contributed by atoms with Gasteiger partial charge in [-0.3, -0.25) is 9.78 Å². The number of halogens is 1. The van der Waals surface area contributed by atoms with Gasteiger partial charge in [0.2, 0.25) is 5.91 Å². The summed E-state index contributed by atoms with van der Waals surface area (Å²) in [5, 5.41) is 11.6. The van der Waals surface area contributed by atoms with Crippen molar-refractivity contribution in [1.82, 2.24) is 4.98 Å². The lowest BCUT2D eigenvalue weighted by molar-refractivity contribution is -0.115. The number of nitrogens with zero attached hydrogens (tertiary/aromatic N) is 1. The normalized spacial score (nSPS) is 10.1. The Morgan fingerprint density at radius 1 is 1.25 bits per heavy atom. The lowest BCUT2D eigenvalue weighted by Crippen LogP contribution is -2.15. The van der Waals surface area contributed by atoms with Gasteiger partial charge >= 0.3 is 5.97 Å². The van der Waals surface area contributed by atoms with E-state index in [0.717, 1.165) is 0 Å². The number of nitrogens with one attached hydrogen (secondary N) is 1. The molecule has 0 unspecified atom stereocenters. The van der Waals surface area contributed by atoms with Gasteiger partial charge < -0.3 is 10.4 Å². The number of hydrogen-bond acceptors (Lipinski definition) is 3. The molecule has 5 nitrogen and oxygen atoms in total. The number of carboxylic acids is 1. The Hall–Kier alpha value is -2.40. The van der Waals surface area contributed by atoms with Crippen molar-refractivity contribution in [2.45, 2.75) is 6.42 Å². The van der Waals surface area contributed by atoms with E-state index in [1.165, 1.54) is 18.2 Å². The average Bonchev–Trinajstić information content (AvgIpc) is 2.42. The number of aromatic nitrogens is 1. The second-order valence-electron chi connectivity index (χ2n) is 4.05. The number of anilines is 1. The van der Waals surface area contributed by atoms with Gasteiger partial charge in [0.05, 0.1) is 22.7 Å². The van der Waals surface area contributed by atoms with Crippen LogP contribution in [0.25, 0.3) is 0 Å². The van der Waals surface area contributed by atoms with Gasteiger partial charge in [0.1, 0.15) is 0 Å². The molecule has 102 valence electrons. The largest absolute Gasteiger partial charge is 0.478 e. The Morgan fingerprint density at radius 2 is 2.05 bits per heavy atom. The zero-order chi connectivity index (χ0) is 14.5. The molecule has 20 heavy (non-hydrogen) atoms. The summed E-state index contributed by atoms with van der Waals surface area (Å²) in [5.74, 6) is -1.34. The first-order chi connectivity index (χ1) is 9.56. The standard InChI is InChI=1S/C14H11ClN2O3/c15-11-7-9(14(19)20)4-5-12(11)17-13(18)8-10-3-1-2-6-16-10/h1-7H,8H2,(H,17,18)(H,19,20). The van der Waals surface area contributed by atoms with Gasteiger partial charge in [-0.05, 0) is 30.3 Å². The van der Waals surface area contributed by atoms with E-state index in [2.05, 4.69) is 10.3 Å². The molecule has 0 aliphatic heterocycles. The molecule has 6 heteroatoms. The first-order valence-electron chi connectivity index (χ1n) is 5.79. The van der Waals surface area contributed by atoms with Gasteiger partial charge in [-0.2, -0.15) is 0 Å². The molecule has 1 heterocycles. The van der Waals surface area contributed by atoms with Crippen LogP contribution in [0, 0.1) is 0 Å². The SMILES string of the molecule is O=C(Cc1ccccn1)Nc1ccc(C(=O)O)cc1Cl. The maximum atomic E-state index is 11.8. The van der Waals surface area contributed by atoms with Crippen molar-refractivity contribution in [2.75, 3.05) is 5.32 Å². The lowest BCUT2D eigenvalue weighted by atomic mass is 10.2. The minimum Gasteiger partial charge on any atom is -0.478 e. The highest BCUT2D eigenvalue weighted by Gasteiger charge is 2.10. The third kappa shape index (κ3) is 3.55. The maximum absolute atomic E-state index is 11.8. The Labute approximate surface area is 120 Å². The van der Waals surface area contributed by atoms with E-state index in [4.69, 9.17) is 16.7 Å². The van der Waals surface area contributed by atoms with E-state index >= 15 is 0 Å². The van der Waals surface area contributed by atoms with Crippen LogP contribution in [-0.2, 0) is 11.2 Å². The molecule has 2 rings (SSSR count). The molecule has 0 aliphatic carbocycles. The fourth-order valence-electron chi connectivity index (χ4n) is 1.61. The molecule has 1 amide bonds. The number of benzene rings is 1. The fourth-order valence-corrected chi connectivity index (χ4v) is 1.84. The molecular formula is C14H11ClN2O3. The summed E-state index contributed by atoms with van der Waals surface area (Å²) < 4.78 is 0. The van der Waals surface area contributed by atoms with Crippen molar-refractivity contribution in [3.8, 4) is 0 Å². The van der Waals surface area contributed by atoms with Crippen LogP contribution in [0.4, 0.5) is 5.69 Å². The van der Waals surface area contributed by atoms with Gasteiger partial charge in [0, 0.05) is 11.9 Å². The molecule has 0 saturated heterocycles. The molecule has 0 radical (unpaired) electrons. The number of carboxylic acid groups (broad SMARTS) is 1. The minimum absolute atomic E-state index is 0.0673. The van der Waals surface area contributed by atoms with E-state index in [0.29, 0.717) is 11.4 Å². The van der Waals surface area contributed by atoms with Crippen LogP contribution in [-0.4, -0.2) is 22.0 Å². The van der Waals surface area contributed by atoms with Gasteiger partial charge in [0.15, 0.2) is 0 Å². The number of pyridine rings is 1. The maximum Gasteiger partial charge on any atom is 0.335 e. The highest BCUT2D eigenvalue weighted by Crippen LogP contribution is 2.23. The van der Waals surface area contributed by atoms with E-state index in [-0.39, 0.29) is 22.9 Å². The molecule has 2 N–H and O–H groups in total. The quantitative estimate of drug-likeness (QED) is 0.907. The van der Waals surface area contributed by atoms with Crippen molar-refractivity contribution in [1.29, 1.82) is 0 Å². The number of aromatic carboxylic acids is 1. The summed E-state index contributed by atoms with van der Waals surface area (Å²) in [6.07, 6.45) is 1.73. The van der Waals surface area contributed by atoms with Crippen molar-refractivity contribution in [3.63, 3.8) is 0 Å².